The van der Waals surface area contributed by atoms with E-state index in [0.717, 1.165) is 24.2 Å². The van der Waals surface area contributed by atoms with Gasteiger partial charge in [0.15, 0.2) is 5.84 Å². The maximum absolute atomic E-state index is 8.73. The molecular weight excluding hydrogens is 256 g/mol. The first-order valence-electron chi connectivity index (χ1n) is 6.31. The molecule has 0 aromatic carbocycles. The zero-order valence-corrected chi connectivity index (χ0v) is 11.3. The summed E-state index contributed by atoms with van der Waals surface area (Å²) in [6.45, 7) is 1.40. The molecule has 4 N–H and O–H groups in total. The molecule has 0 bridgehead atoms. The van der Waals surface area contributed by atoms with E-state index in [1.54, 1.807) is 10.9 Å². The van der Waals surface area contributed by atoms with Crippen LogP contribution in [0.4, 0.5) is 0 Å². The molecule has 2 heterocycles. The molecule has 2 rings (SSSR count). The fourth-order valence-electron chi connectivity index (χ4n) is 1.90. The molecule has 0 aliphatic heterocycles. The smallest absolute Gasteiger partial charge is 0.189 e. The number of oxime groups is 1. The van der Waals surface area contributed by atoms with Crippen molar-refractivity contribution in [2.45, 2.75) is 13.0 Å². The van der Waals surface area contributed by atoms with E-state index in [0.29, 0.717) is 12.2 Å². The van der Waals surface area contributed by atoms with Gasteiger partial charge in [0.1, 0.15) is 5.69 Å². The molecule has 106 valence electrons. The molecule has 0 aliphatic carbocycles. The van der Waals surface area contributed by atoms with Gasteiger partial charge in [-0.05, 0) is 17.7 Å². The Morgan fingerprint density at radius 1 is 1.50 bits per heavy atom. The van der Waals surface area contributed by atoms with Crippen LogP contribution in [0.15, 0.2) is 35.7 Å². The summed E-state index contributed by atoms with van der Waals surface area (Å²) in [7, 11) is 1.90. The molecule has 0 atom stereocenters. The van der Waals surface area contributed by atoms with Gasteiger partial charge in [0, 0.05) is 39.0 Å². The van der Waals surface area contributed by atoms with Crippen LogP contribution >= 0.6 is 0 Å². The summed E-state index contributed by atoms with van der Waals surface area (Å²) in [4.78, 5) is 4.12. The van der Waals surface area contributed by atoms with Crippen molar-refractivity contribution < 1.29 is 5.21 Å². The SMILES string of the molecule is Cn1ccc(CCNCc2cccnc2/C(N)=N/O)n1. The molecule has 0 amide bonds. The normalized spacial score (nSPS) is 11.8. The predicted molar refractivity (Wildman–Crippen MR) is 75.4 cm³/mol. The van der Waals surface area contributed by atoms with Crippen LogP contribution in [-0.4, -0.2) is 32.4 Å². The molecule has 2 aromatic heterocycles. The number of nitrogens with two attached hydrogens (primary N) is 1. The summed E-state index contributed by atoms with van der Waals surface area (Å²) in [6.07, 6.45) is 4.39. The van der Waals surface area contributed by atoms with Crippen molar-refractivity contribution in [1.82, 2.24) is 20.1 Å². The van der Waals surface area contributed by atoms with Crippen molar-refractivity contribution in [2.24, 2.45) is 17.9 Å². The molecule has 7 nitrogen and oxygen atoms in total. The Morgan fingerprint density at radius 2 is 2.35 bits per heavy atom. The lowest BCUT2D eigenvalue weighted by atomic mass is 10.1. The van der Waals surface area contributed by atoms with Gasteiger partial charge in [0.05, 0.1) is 5.69 Å². The second-order valence-corrected chi connectivity index (χ2v) is 4.40. The first-order valence-corrected chi connectivity index (χ1v) is 6.31. The number of pyridine rings is 1. The van der Waals surface area contributed by atoms with Gasteiger partial charge in [-0.3, -0.25) is 9.67 Å². The maximum Gasteiger partial charge on any atom is 0.189 e. The zero-order chi connectivity index (χ0) is 14.4. The fourth-order valence-corrected chi connectivity index (χ4v) is 1.90. The number of hydrogen-bond acceptors (Lipinski definition) is 5. The Balaban J connectivity index is 1.88. The molecule has 0 aliphatic rings. The molecule has 20 heavy (non-hydrogen) atoms. The van der Waals surface area contributed by atoms with Crippen molar-refractivity contribution in [2.75, 3.05) is 6.54 Å². The average molecular weight is 274 g/mol. The van der Waals surface area contributed by atoms with Crippen LogP contribution in [0.3, 0.4) is 0 Å². The van der Waals surface area contributed by atoms with Crippen molar-refractivity contribution in [3.63, 3.8) is 0 Å². The van der Waals surface area contributed by atoms with Crippen LogP contribution in [0.5, 0.6) is 0 Å². The van der Waals surface area contributed by atoms with Crippen LogP contribution in [0.2, 0.25) is 0 Å². The van der Waals surface area contributed by atoms with Crippen molar-refractivity contribution in [3.05, 3.63) is 47.5 Å². The number of aryl methyl sites for hydroxylation is 1. The number of amidine groups is 1. The van der Waals surface area contributed by atoms with Gasteiger partial charge >= 0.3 is 0 Å². The Bertz CT molecular complexity index is 592. The van der Waals surface area contributed by atoms with Gasteiger partial charge in [0.25, 0.3) is 0 Å². The summed E-state index contributed by atoms with van der Waals surface area (Å²) < 4.78 is 1.78. The van der Waals surface area contributed by atoms with Crippen molar-refractivity contribution in [1.29, 1.82) is 0 Å². The van der Waals surface area contributed by atoms with E-state index in [1.165, 1.54) is 0 Å². The number of nitrogens with zero attached hydrogens (tertiary/aromatic N) is 4. The highest BCUT2D eigenvalue weighted by atomic mass is 16.4. The maximum atomic E-state index is 8.73. The van der Waals surface area contributed by atoms with Crippen LogP contribution in [-0.2, 0) is 20.0 Å². The molecule has 0 fully saturated rings. The highest BCUT2D eigenvalue weighted by Gasteiger charge is 2.07. The summed E-state index contributed by atoms with van der Waals surface area (Å²) in [5, 5.41) is 19.3. The van der Waals surface area contributed by atoms with E-state index in [-0.39, 0.29) is 5.84 Å². The van der Waals surface area contributed by atoms with E-state index in [2.05, 4.69) is 20.6 Å². The number of rotatable bonds is 6. The number of nitrogens with one attached hydrogen (secondary N) is 1. The molecule has 0 radical (unpaired) electrons. The highest BCUT2D eigenvalue weighted by molar-refractivity contribution is 5.96. The van der Waals surface area contributed by atoms with Gasteiger partial charge in [-0.15, -0.1) is 0 Å². The molecule has 0 saturated heterocycles. The molecule has 2 aromatic rings. The average Bonchev–Trinajstić information content (AvgIpc) is 2.89. The Labute approximate surface area is 117 Å². The van der Waals surface area contributed by atoms with Gasteiger partial charge in [-0.25, -0.2) is 0 Å². The summed E-state index contributed by atoms with van der Waals surface area (Å²) in [5.41, 5.74) is 8.03. The summed E-state index contributed by atoms with van der Waals surface area (Å²) >= 11 is 0. The van der Waals surface area contributed by atoms with Crippen LogP contribution < -0.4 is 11.1 Å². The van der Waals surface area contributed by atoms with Gasteiger partial charge in [-0.1, -0.05) is 11.2 Å². The van der Waals surface area contributed by atoms with Crippen molar-refractivity contribution >= 4 is 5.84 Å². The Hall–Kier alpha value is -2.41. The number of hydrogen-bond donors (Lipinski definition) is 3. The van der Waals surface area contributed by atoms with Crippen LogP contribution in [0.1, 0.15) is 17.0 Å². The lowest BCUT2D eigenvalue weighted by molar-refractivity contribution is 0.318. The lowest BCUT2D eigenvalue weighted by Crippen LogP contribution is -2.22. The topological polar surface area (TPSA) is 101 Å². The highest BCUT2D eigenvalue weighted by Crippen LogP contribution is 2.04. The summed E-state index contributed by atoms with van der Waals surface area (Å²) in [5.74, 6) is 0.0205. The van der Waals surface area contributed by atoms with E-state index < -0.39 is 0 Å². The van der Waals surface area contributed by atoms with E-state index in [1.807, 2.05) is 31.4 Å². The first kappa shape index (κ1) is 14.0. The second kappa shape index (κ2) is 6.67. The van der Waals surface area contributed by atoms with E-state index in [4.69, 9.17) is 10.9 Å². The molecule has 0 spiro atoms. The predicted octanol–water partition coefficient (Wildman–Crippen LogP) is 0.242. The van der Waals surface area contributed by atoms with Gasteiger partial charge in [-0.2, -0.15) is 5.10 Å². The van der Waals surface area contributed by atoms with Gasteiger partial charge < -0.3 is 16.3 Å². The zero-order valence-electron chi connectivity index (χ0n) is 11.3. The molecule has 7 heteroatoms. The monoisotopic (exact) mass is 274 g/mol. The van der Waals surface area contributed by atoms with Gasteiger partial charge in [0.2, 0.25) is 0 Å². The number of aromatic nitrogens is 3. The van der Waals surface area contributed by atoms with E-state index in [9.17, 15) is 0 Å². The Kier molecular flexibility index (Phi) is 4.67. The minimum Gasteiger partial charge on any atom is -0.409 e. The quantitative estimate of drug-likeness (QED) is 0.230. The van der Waals surface area contributed by atoms with Crippen LogP contribution in [0, 0.1) is 0 Å². The fraction of sp³-hybridized carbons (Fsp3) is 0.308. The largest absolute Gasteiger partial charge is 0.409 e. The third kappa shape index (κ3) is 3.55. The molecule has 0 saturated carbocycles. The first-order chi connectivity index (χ1) is 9.70. The third-order valence-electron chi connectivity index (χ3n) is 2.88. The van der Waals surface area contributed by atoms with Crippen molar-refractivity contribution in [3.8, 4) is 0 Å². The minimum atomic E-state index is 0.0205. The lowest BCUT2D eigenvalue weighted by Gasteiger charge is -2.08. The van der Waals surface area contributed by atoms with E-state index >= 15 is 0 Å². The Morgan fingerprint density at radius 3 is 3.05 bits per heavy atom. The standard InChI is InChI=1S/C13H18N6O/c1-19-8-5-11(17-19)4-7-15-9-10-3-2-6-16-12(10)13(14)18-20/h2-3,5-6,8,15,20H,4,7,9H2,1H3,(H2,14,18). The molecule has 0 unspecified atom stereocenters. The second-order valence-electron chi connectivity index (χ2n) is 4.40. The molecular formula is C13H18N6O. The summed E-state index contributed by atoms with van der Waals surface area (Å²) in [6, 6.07) is 5.71. The minimum absolute atomic E-state index is 0.0205. The third-order valence-corrected chi connectivity index (χ3v) is 2.88. The van der Waals surface area contributed by atoms with Crippen LogP contribution in [0.25, 0.3) is 0 Å².